The molecule has 0 saturated carbocycles. The first-order valence-electron chi connectivity index (χ1n) is 16.7. The molecule has 254 valence electrons. The Labute approximate surface area is 262 Å². The molecule has 41 heavy (non-hydrogen) atoms. The fourth-order valence-electron chi connectivity index (χ4n) is 5.03. The van der Waals surface area contributed by atoms with Crippen molar-refractivity contribution < 1.29 is 16.5 Å². The maximum Gasteiger partial charge on any atom is 0.503 e. The van der Waals surface area contributed by atoms with Crippen molar-refractivity contribution in [2.24, 2.45) is 0 Å². The van der Waals surface area contributed by atoms with Crippen LogP contribution in [0.5, 0.6) is 0 Å². The van der Waals surface area contributed by atoms with Gasteiger partial charge >= 0.3 is 7.82 Å². The van der Waals surface area contributed by atoms with Gasteiger partial charge in [0.1, 0.15) is 0 Å². The van der Waals surface area contributed by atoms with Crippen LogP contribution >= 0.6 is 38.7 Å². The zero-order valence-electron chi connectivity index (χ0n) is 29.4. The highest BCUT2D eigenvalue weighted by atomic mass is 32.3. The Kier molecular flexibility index (Phi) is 22.3. The normalized spacial score (nSPS) is 14.9. The maximum absolute atomic E-state index is 15.3. The van der Waals surface area contributed by atoms with Crippen molar-refractivity contribution in [1.82, 2.24) is 14.7 Å². The monoisotopic (exact) mass is 665 g/mol. The van der Waals surface area contributed by atoms with E-state index >= 15 is 4.57 Å². The first kappa shape index (κ1) is 42.0. The highest BCUT2D eigenvalue weighted by Crippen LogP contribution is 2.77. The number of hydrogen-bond acceptors (Lipinski definition) is 7. The summed E-state index contributed by atoms with van der Waals surface area (Å²) in [4.78, 5) is 7.33. The lowest BCUT2D eigenvalue weighted by atomic mass is 10.5. The smallest absolute Gasteiger partial charge is 0.303 e. The van der Waals surface area contributed by atoms with Crippen LogP contribution in [0.25, 0.3) is 0 Å². The van der Waals surface area contributed by atoms with Crippen molar-refractivity contribution >= 4 is 38.7 Å². The van der Waals surface area contributed by atoms with Crippen molar-refractivity contribution in [2.45, 2.75) is 83.1 Å². The van der Waals surface area contributed by atoms with Gasteiger partial charge in [0, 0.05) is 36.9 Å². The summed E-state index contributed by atoms with van der Waals surface area (Å²) in [5, 5.41) is 0. The largest absolute Gasteiger partial charge is 0.503 e. The van der Waals surface area contributed by atoms with E-state index in [1.54, 1.807) is 0 Å². The molecule has 0 aliphatic carbocycles. The summed E-state index contributed by atoms with van der Waals surface area (Å²) in [5.74, 6) is 7.88. The van der Waals surface area contributed by atoms with Crippen LogP contribution in [-0.4, -0.2) is 125 Å². The minimum Gasteiger partial charge on any atom is -0.303 e. The van der Waals surface area contributed by atoms with E-state index in [4.69, 9.17) is 11.9 Å². The van der Waals surface area contributed by atoms with Gasteiger partial charge in [-0.05, 0) is 73.8 Å². The molecule has 0 fully saturated rings. The Morgan fingerprint density at radius 2 is 0.610 bits per heavy atom. The fourth-order valence-corrected chi connectivity index (χ4v) is 18.8. The lowest BCUT2D eigenvalue weighted by Crippen LogP contribution is -2.32. The Balaban J connectivity index is 6.64. The van der Waals surface area contributed by atoms with Gasteiger partial charge in [-0.15, -0.1) is 30.9 Å². The van der Waals surface area contributed by atoms with Crippen LogP contribution in [0, 0.1) is 0 Å². The van der Waals surface area contributed by atoms with Crippen molar-refractivity contribution in [3.8, 4) is 0 Å². The van der Waals surface area contributed by atoms with E-state index in [1.165, 1.54) is 0 Å². The highest BCUT2D eigenvalue weighted by molar-refractivity contribution is 8.35. The van der Waals surface area contributed by atoms with Crippen LogP contribution in [0.4, 0.5) is 0 Å². The van der Waals surface area contributed by atoms with Gasteiger partial charge < -0.3 is 14.7 Å². The molecule has 0 spiro atoms. The zero-order valence-corrected chi connectivity index (χ0v) is 32.7. The van der Waals surface area contributed by atoms with Crippen molar-refractivity contribution in [3.63, 3.8) is 0 Å². The summed E-state index contributed by atoms with van der Waals surface area (Å²) >= 11 is 0. The second-order valence-corrected chi connectivity index (χ2v) is 23.7. The molecular formula is C30H72N3O4PS3. The molecule has 11 heteroatoms. The molecule has 0 aromatic rings. The average Bonchev–Trinajstić information content (AvgIpc) is 3.00. The van der Waals surface area contributed by atoms with Crippen molar-refractivity contribution in [2.75, 3.05) is 111 Å². The third-order valence-corrected chi connectivity index (χ3v) is 24.0. The molecule has 0 aliphatic heterocycles. The van der Waals surface area contributed by atoms with Gasteiger partial charge in [0.15, 0.2) is 0 Å². The predicted molar refractivity (Wildman–Crippen MR) is 195 cm³/mol. The first-order chi connectivity index (χ1) is 19.5. The standard InChI is InChI=1S/C30H72N3O4PS3/c1-13-31(14-2)25-28-39(19-7,20-8)35-38(34,36-40(21-9,22-10)29-26-32(15-3)16-4)37-41(23-11,24-12)30-27-33(17-5)18-6/h13-30H2,1-12H3. The third-order valence-electron chi connectivity index (χ3n) is 8.93. The SMILES string of the molecule is CCN(CC)CCS(CC)(CC)OP(=O)(OS(CC)(CC)CCN(CC)CC)OS(CC)(CC)CCN(CC)CC. The third kappa shape index (κ3) is 13.9. The number of phosphoric acid groups is 1. The molecule has 0 amide bonds. The minimum atomic E-state index is -3.86. The molecule has 0 heterocycles. The van der Waals surface area contributed by atoms with E-state index in [2.05, 4.69) is 97.8 Å². The van der Waals surface area contributed by atoms with E-state index in [1.807, 2.05) is 0 Å². The molecule has 0 unspecified atom stereocenters. The fraction of sp³-hybridized carbons (Fsp3) is 1.00. The second kappa shape index (κ2) is 21.7. The van der Waals surface area contributed by atoms with E-state index < -0.39 is 38.7 Å². The van der Waals surface area contributed by atoms with Gasteiger partial charge in [0.25, 0.3) is 0 Å². The molecule has 0 rings (SSSR count). The summed E-state index contributed by atoms with van der Waals surface area (Å²) in [5.41, 5.74) is 0. The molecule has 0 radical (unpaired) electrons. The summed E-state index contributed by atoms with van der Waals surface area (Å²) < 4.78 is 36.3. The van der Waals surface area contributed by atoms with Gasteiger partial charge in [0.05, 0.1) is 0 Å². The molecule has 0 atom stereocenters. The molecule has 0 bridgehead atoms. The molecule has 0 aromatic carbocycles. The van der Waals surface area contributed by atoms with E-state index in [9.17, 15) is 0 Å². The van der Waals surface area contributed by atoms with Crippen LogP contribution in [0.3, 0.4) is 0 Å². The van der Waals surface area contributed by atoms with Gasteiger partial charge in [-0.25, -0.2) is 16.5 Å². The summed E-state index contributed by atoms with van der Waals surface area (Å²) in [6, 6.07) is 0. The molecule has 0 N–H and O–H groups in total. The first-order valence-corrected chi connectivity index (χ1v) is 24.3. The van der Waals surface area contributed by atoms with Crippen LogP contribution in [-0.2, 0) is 16.5 Å². The molecule has 7 nitrogen and oxygen atoms in total. The summed E-state index contributed by atoms with van der Waals surface area (Å²) in [6.45, 7) is 35.4. The van der Waals surface area contributed by atoms with E-state index in [0.29, 0.717) is 0 Å². The predicted octanol–water partition coefficient (Wildman–Crippen LogP) is 8.45. The van der Waals surface area contributed by atoms with Crippen LogP contribution in [0.1, 0.15) is 83.1 Å². The average molecular weight is 666 g/mol. The van der Waals surface area contributed by atoms with Crippen LogP contribution in [0.2, 0.25) is 0 Å². The molecule has 0 saturated heterocycles. The van der Waals surface area contributed by atoms with E-state index in [-0.39, 0.29) is 0 Å². The Hall–Kier alpha value is 1.04. The number of hydrogen-bond donors (Lipinski definition) is 0. The topological polar surface area (TPSA) is 54.5 Å². The Morgan fingerprint density at radius 1 is 0.415 bits per heavy atom. The van der Waals surface area contributed by atoms with E-state index in [0.717, 1.165) is 111 Å². The number of rotatable bonds is 27. The summed E-state index contributed by atoms with van der Waals surface area (Å²) in [6.07, 6.45) is 0. The minimum absolute atomic E-state index is 0.863. The van der Waals surface area contributed by atoms with Crippen LogP contribution in [0.15, 0.2) is 0 Å². The molecular weight excluding hydrogens is 594 g/mol. The molecule has 0 aliphatic rings. The van der Waals surface area contributed by atoms with Gasteiger partial charge in [0.2, 0.25) is 0 Å². The van der Waals surface area contributed by atoms with Gasteiger partial charge in [-0.3, -0.25) is 0 Å². The Morgan fingerprint density at radius 3 is 0.756 bits per heavy atom. The van der Waals surface area contributed by atoms with Crippen molar-refractivity contribution in [1.29, 1.82) is 0 Å². The quantitative estimate of drug-likeness (QED) is 0.0817. The highest BCUT2D eigenvalue weighted by Gasteiger charge is 2.45. The maximum atomic E-state index is 15.3. The lowest BCUT2D eigenvalue weighted by molar-refractivity contribution is 0.308. The zero-order chi connectivity index (χ0) is 31.6. The second-order valence-electron chi connectivity index (χ2n) is 10.5. The Bertz CT molecular complexity index is 608. The van der Waals surface area contributed by atoms with Gasteiger partial charge in [-0.1, -0.05) is 83.1 Å². The number of nitrogens with zero attached hydrogens (tertiary/aromatic N) is 3. The van der Waals surface area contributed by atoms with Crippen molar-refractivity contribution in [3.05, 3.63) is 0 Å². The van der Waals surface area contributed by atoms with Crippen LogP contribution < -0.4 is 0 Å². The summed E-state index contributed by atoms with van der Waals surface area (Å²) in [7, 11) is -8.82. The lowest BCUT2D eigenvalue weighted by Gasteiger charge is -2.48. The molecule has 0 aromatic heterocycles. The van der Waals surface area contributed by atoms with Gasteiger partial charge in [-0.2, -0.15) is 0 Å².